The SMILES string of the molecule is N#Cc1nn(-c2ccc(C(F)(F)F)c(Cl)c2Cl)c(N2CCOCC2)c1S(=O)(=O)C(F)(F)F. The van der Waals surface area contributed by atoms with Gasteiger partial charge in [0.25, 0.3) is 9.84 Å². The van der Waals surface area contributed by atoms with Crippen LogP contribution in [-0.4, -0.2) is 50.0 Å². The normalized spacial score (nSPS) is 15.7. The van der Waals surface area contributed by atoms with Crippen molar-refractivity contribution in [3.05, 3.63) is 33.4 Å². The van der Waals surface area contributed by atoms with Gasteiger partial charge in [0, 0.05) is 13.1 Å². The van der Waals surface area contributed by atoms with E-state index in [-0.39, 0.29) is 26.3 Å². The molecule has 0 bridgehead atoms. The van der Waals surface area contributed by atoms with Gasteiger partial charge in [-0.25, -0.2) is 13.1 Å². The number of alkyl halides is 6. The van der Waals surface area contributed by atoms with E-state index in [1.165, 1.54) is 6.07 Å². The first-order valence-corrected chi connectivity index (χ1v) is 10.7. The molecule has 1 fully saturated rings. The number of halogens is 8. The zero-order valence-corrected chi connectivity index (χ0v) is 17.8. The summed E-state index contributed by atoms with van der Waals surface area (Å²) in [6, 6.07) is 2.56. The maximum atomic E-state index is 13.4. The smallest absolute Gasteiger partial charge is 0.378 e. The maximum absolute atomic E-state index is 13.4. The lowest BCUT2D eigenvalue weighted by molar-refractivity contribution is -0.137. The monoisotopic (exact) mass is 522 g/mol. The number of hydrogen-bond donors (Lipinski definition) is 0. The van der Waals surface area contributed by atoms with Gasteiger partial charge in [0.05, 0.1) is 34.5 Å². The number of ether oxygens (including phenoxy) is 1. The number of rotatable bonds is 3. The molecule has 32 heavy (non-hydrogen) atoms. The van der Waals surface area contributed by atoms with Crippen LogP contribution >= 0.6 is 23.2 Å². The number of benzene rings is 1. The molecule has 174 valence electrons. The fraction of sp³-hybridized carbons (Fsp3) is 0.375. The molecule has 1 aromatic heterocycles. The van der Waals surface area contributed by atoms with E-state index in [9.17, 15) is 40.0 Å². The number of nitrogens with zero attached hydrogens (tertiary/aromatic N) is 4. The van der Waals surface area contributed by atoms with Crippen LogP contribution in [0.4, 0.5) is 32.2 Å². The second kappa shape index (κ2) is 8.29. The largest absolute Gasteiger partial charge is 0.502 e. The molecule has 3 rings (SSSR count). The third-order valence-corrected chi connectivity index (χ3v) is 6.80. The minimum atomic E-state index is -6.09. The van der Waals surface area contributed by atoms with Crippen molar-refractivity contribution in [2.45, 2.75) is 16.6 Å². The summed E-state index contributed by atoms with van der Waals surface area (Å²) in [5.41, 5.74) is -8.67. The Morgan fingerprint density at radius 1 is 1.06 bits per heavy atom. The molecule has 0 radical (unpaired) electrons. The number of sulfone groups is 1. The second-order valence-corrected chi connectivity index (χ2v) is 8.97. The summed E-state index contributed by atoms with van der Waals surface area (Å²) in [6.45, 7) is -0.188. The summed E-state index contributed by atoms with van der Waals surface area (Å²) >= 11 is 11.7. The van der Waals surface area contributed by atoms with Crippen LogP contribution in [0.2, 0.25) is 10.0 Å². The molecule has 0 amide bonds. The van der Waals surface area contributed by atoms with E-state index < -0.39 is 59.2 Å². The first-order chi connectivity index (χ1) is 14.7. The van der Waals surface area contributed by atoms with Crippen LogP contribution in [0.25, 0.3) is 5.69 Å². The second-order valence-electron chi connectivity index (χ2n) is 6.33. The van der Waals surface area contributed by atoms with Crippen LogP contribution < -0.4 is 4.90 Å². The first-order valence-electron chi connectivity index (χ1n) is 8.44. The Labute approximate surface area is 186 Å². The molecule has 2 heterocycles. The zero-order chi connectivity index (χ0) is 24.1. The Morgan fingerprint density at radius 3 is 2.16 bits per heavy atom. The lowest BCUT2D eigenvalue weighted by Gasteiger charge is -2.30. The van der Waals surface area contributed by atoms with Gasteiger partial charge in [-0.1, -0.05) is 23.2 Å². The summed E-state index contributed by atoms with van der Waals surface area (Å²) < 4.78 is 110. The molecule has 16 heteroatoms. The zero-order valence-electron chi connectivity index (χ0n) is 15.4. The molecule has 2 aromatic rings. The van der Waals surface area contributed by atoms with Crippen molar-refractivity contribution in [3.8, 4) is 11.8 Å². The number of hydrogen-bond acceptors (Lipinski definition) is 6. The number of morpholine rings is 1. The van der Waals surface area contributed by atoms with Crippen molar-refractivity contribution in [2.75, 3.05) is 31.2 Å². The highest BCUT2D eigenvalue weighted by Gasteiger charge is 2.52. The summed E-state index contributed by atoms with van der Waals surface area (Å²) in [5.74, 6) is -0.695. The molecule has 1 aliphatic heterocycles. The molecule has 1 aromatic carbocycles. The number of aromatic nitrogens is 2. The Morgan fingerprint density at radius 2 is 1.66 bits per heavy atom. The van der Waals surface area contributed by atoms with E-state index >= 15 is 0 Å². The summed E-state index contributed by atoms with van der Waals surface area (Å²) in [7, 11) is -6.09. The predicted octanol–water partition coefficient (Wildman–Crippen LogP) is 4.20. The van der Waals surface area contributed by atoms with Gasteiger partial charge in [-0.3, -0.25) is 0 Å². The topological polar surface area (TPSA) is 88.2 Å². The summed E-state index contributed by atoms with van der Waals surface area (Å²) in [4.78, 5) is -0.292. The van der Waals surface area contributed by atoms with Gasteiger partial charge in [0.15, 0.2) is 16.4 Å². The molecule has 1 saturated heterocycles. The number of anilines is 1. The van der Waals surface area contributed by atoms with Crippen molar-refractivity contribution in [1.29, 1.82) is 5.26 Å². The van der Waals surface area contributed by atoms with E-state index in [4.69, 9.17) is 27.9 Å². The van der Waals surface area contributed by atoms with Gasteiger partial charge < -0.3 is 9.64 Å². The van der Waals surface area contributed by atoms with Crippen LogP contribution in [-0.2, 0) is 20.8 Å². The first kappa shape index (κ1) is 24.4. The van der Waals surface area contributed by atoms with Crippen molar-refractivity contribution < 1.29 is 39.5 Å². The van der Waals surface area contributed by atoms with E-state index in [1.807, 2.05) is 0 Å². The lowest BCUT2D eigenvalue weighted by Crippen LogP contribution is -2.39. The highest BCUT2D eigenvalue weighted by Crippen LogP contribution is 2.44. The predicted molar refractivity (Wildman–Crippen MR) is 99.6 cm³/mol. The van der Waals surface area contributed by atoms with Crippen molar-refractivity contribution in [3.63, 3.8) is 0 Å². The molecular weight excluding hydrogens is 513 g/mol. The Balaban J connectivity index is 2.38. The van der Waals surface area contributed by atoms with Gasteiger partial charge in [-0.05, 0) is 12.1 Å². The third-order valence-electron chi connectivity index (χ3n) is 4.40. The van der Waals surface area contributed by atoms with E-state index in [0.29, 0.717) is 10.7 Å². The molecule has 0 atom stereocenters. The standard InChI is InChI=1S/C16H10Cl2F6N4O3S/c17-11-8(15(19,20)21)1-2-10(12(11)18)28-14(27-3-5-31-6-4-27)13(9(7-25)26-28)32(29,30)16(22,23)24/h1-2H,3-6H2. The fourth-order valence-corrected chi connectivity index (χ4v) is 4.51. The Hall–Kier alpha value is -2.21. The van der Waals surface area contributed by atoms with Crippen LogP contribution in [0.3, 0.4) is 0 Å². The highest BCUT2D eigenvalue weighted by molar-refractivity contribution is 7.92. The molecule has 0 aliphatic carbocycles. The maximum Gasteiger partial charge on any atom is 0.502 e. The summed E-state index contributed by atoms with van der Waals surface area (Å²) in [5, 5.41) is 11.2. The van der Waals surface area contributed by atoms with Crippen molar-refractivity contribution >= 4 is 38.9 Å². The van der Waals surface area contributed by atoms with Crippen LogP contribution in [0, 0.1) is 11.3 Å². The summed E-state index contributed by atoms with van der Waals surface area (Å²) in [6.07, 6.45) is -4.89. The highest BCUT2D eigenvalue weighted by atomic mass is 35.5. The van der Waals surface area contributed by atoms with Crippen LogP contribution in [0.1, 0.15) is 11.3 Å². The fourth-order valence-electron chi connectivity index (χ4n) is 2.97. The minimum Gasteiger partial charge on any atom is -0.378 e. The number of nitriles is 1. The molecular formula is C16H10Cl2F6N4O3S. The third kappa shape index (κ3) is 4.09. The quantitative estimate of drug-likeness (QED) is 0.561. The Bertz CT molecular complexity index is 1200. The Kier molecular flexibility index (Phi) is 6.33. The van der Waals surface area contributed by atoms with Gasteiger partial charge in [0.2, 0.25) is 0 Å². The van der Waals surface area contributed by atoms with Gasteiger partial charge in [-0.15, -0.1) is 0 Å². The average Bonchev–Trinajstić information content (AvgIpc) is 3.09. The van der Waals surface area contributed by atoms with Gasteiger partial charge >= 0.3 is 11.7 Å². The lowest BCUT2D eigenvalue weighted by atomic mass is 10.2. The molecule has 0 N–H and O–H groups in total. The molecule has 0 spiro atoms. The van der Waals surface area contributed by atoms with Crippen LogP contribution in [0.15, 0.2) is 17.0 Å². The minimum absolute atomic E-state index is 0.0000717. The molecule has 7 nitrogen and oxygen atoms in total. The average molecular weight is 523 g/mol. The van der Waals surface area contributed by atoms with E-state index in [0.717, 1.165) is 11.0 Å². The molecule has 1 aliphatic rings. The van der Waals surface area contributed by atoms with E-state index in [2.05, 4.69) is 5.10 Å². The van der Waals surface area contributed by atoms with Crippen molar-refractivity contribution in [1.82, 2.24) is 9.78 Å². The molecule has 0 saturated carbocycles. The van der Waals surface area contributed by atoms with E-state index in [1.54, 1.807) is 0 Å². The van der Waals surface area contributed by atoms with Gasteiger partial charge in [0.1, 0.15) is 6.07 Å². The molecule has 0 unspecified atom stereocenters. The van der Waals surface area contributed by atoms with Crippen LogP contribution in [0.5, 0.6) is 0 Å². The van der Waals surface area contributed by atoms with Crippen molar-refractivity contribution in [2.24, 2.45) is 0 Å². The van der Waals surface area contributed by atoms with Gasteiger partial charge in [-0.2, -0.15) is 36.7 Å².